The van der Waals surface area contributed by atoms with Crippen molar-refractivity contribution < 1.29 is 8.83 Å². The van der Waals surface area contributed by atoms with Crippen molar-refractivity contribution in [3.05, 3.63) is 22.7 Å². The molecule has 0 saturated carbocycles. The molecule has 100 valence electrons. The summed E-state index contributed by atoms with van der Waals surface area (Å²) in [6.07, 6.45) is 0. The van der Waals surface area contributed by atoms with E-state index in [0.717, 1.165) is 11.8 Å². The summed E-state index contributed by atoms with van der Waals surface area (Å²) in [7, 11) is 0. The third-order valence-corrected chi connectivity index (χ3v) is 3.00. The zero-order chi connectivity index (χ0) is 13.8. The van der Waals surface area contributed by atoms with E-state index in [1.165, 1.54) is 0 Å². The number of thioether (sulfide) groups is 1. The van der Waals surface area contributed by atoms with Gasteiger partial charge in [-0.3, -0.25) is 5.41 Å². The molecule has 0 aliphatic rings. The number of rotatable bonds is 3. The minimum absolute atomic E-state index is 0.0273. The fraction of sp³-hybridized carbons (Fsp3) is 0.111. The van der Waals surface area contributed by atoms with Crippen LogP contribution in [0.5, 0.6) is 0 Å². The molecule has 2 aromatic heterocycles. The molecular weight excluding hydrogens is 336 g/mol. The molecule has 0 atom stereocenters. The summed E-state index contributed by atoms with van der Waals surface area (Å²) < 4.78 is 11.2. The van der Waals surface area contributed by atoms with Gasteiger partial charge in [-0.25, -0.2) is 0 Å². The molecule has 5 N–H and O–H groups in total. The lowest BCUT2D eigenvalue weighted by molar-refractivity contribution is 0.486. The van der Waals surface area contributed by atoms with Gasteiger partial charge in [0.2, 0.25) is 5.89 Å². The van der Waals surface area contributed by atoms with E-state index in [9.17, 15) is 0 Å². The molecule has 0 saturated heterocycles. The van der Waals surface area contributed by atoms with Gasteiger partial charge in [0.05, 0.1) is 5.75 Å². The molecule has 0 amide bonds. The average molecular weight is 345 g/mol. The van der Waals surface area contributed by atoms with E-state index < -0.39 is 0 Å². The predicted octanol–water partition coefficient (Wildman–Crippen LogP) is 1.53. The van der Waals surface area contributed by atoms with E-state index in [2.05, 4.69) is 31.1 Å². The lowest BCUT2D eigenvalue weighted by Gasteiger charge is -1.94. The van der Waals surface area contributed by atoms with Crippen LogP contribution in [0.15, 0.2) is 30.6 Å². The standard InChI is InChI=1S/C9H9BrN6O2S/c10-5-2-1-4(17-5)7-16-15-6(18-7)3-19-9(13)14-8(11)12/h1-2H,3H2,(H5,11,12,13,14). The number of hydrogen-bond acceptors (Lipinski definition) is 6. The maximum absolute atomic E-state index is 7.44. The highest BCUT2D eigenvalue weighted by Crippen LogP contribution is 2.24. The maximum Gasteiger partial charge on any atom is 0.283 e. The third-order valence-electron chi connectivity index (χ3n) is 1.81. The number of amidine groups is 1. The zero-order valence-electron chi connectivity index (χ0n) is 9.46. The number of hydrogen-bond donors (Lipinski definition) is 3. The summed E-state index contributed by atoms with van der Waals surface area (Å²) in [5, 5.41) is 15.1. The van der Waals surface area contributed by atoms with Crippen molar-refractivity contribution in [1.82, 2.24) is 10.2 Å². The van der Waals surface area contributed by atoms with Gasteiger partial charge in [0.15, 0.2) is 21.6 Å². The first-order chi connectivity index (χ1) is 9.04. The monoisotopic (exact) mass is 344 g/mol. The molecule has 8 nitrogen and oxygen atoms in total. The predicted molar refractivity (Wildman–Crippen MR) is 74.5 cm³/mol. The van der Waals surface area contributed by atoms with Gasteiger partial charge in [-0.15, -0.1) is 10.2 Å². The van der Waals surface area contributed by atoms with Gasteiger partial charge in [0.1, 0.15) is 0 Å². The van der Waals surface area contributed by atoms with Gasteiger partial charge in [-0.2, -0.15) is 4.99 Å². The van der Waals surface area contributed by atoms with Crippen molar-refractivity contribution in [2.24, 2.45) is 16.5 Å². The van der Waals surface area contributed by atoms with Crippen molar-refractivity contribution >= 4 is 38.8 Å². The minimum Gasteiger partial charge on any atom is -0.444 e. The molecule has 0 radical (unpaired) electrons. The first-order valence-electron chi connectivity index (χ1n) is 4.93. The van der Waals surface area contributed by atoms with Gasteiger partial charge in [0.25, 0.3) is 5.89 Å². The average Bonchev–Trinajstić information content (AvgIpc) is 2.94. The van der Waals surface area contributed by atoms with Crippen LogP contribution in [0.2, 0.25) is 0 Å². The first kappa shape index (κ1) is 13.6. The van der Waals surface area contributed by atoms with Crippen LogP contribution in [-0.4, -0.2) is 21.3 Å². The second-order valence-corrected chi connectivity index (χ2v) is 4.98. The number of nitrogens with zero attached hydrogens (tertiary/aromatic N) is 3. The number of furan rings is 1. The van der Waals surface area contributed by atoms with Crippen molar-refractivity contribution in [3.63, 3.8) is 0 Å². The summed E-state index contributed by atoms with van der Waals surface area (Å²) in [5.41, 5.74) is 10.3. The molecule has 0 bridgehead atoms. The first-order valence-corrected chi connectivity index (χ1v) is 6.71. The van der Waals surface area contributed by atoms with Crippen LogP contribution in [-0.2, 0) is 5.75 Å². The Morgan fingerprint density at radius 3 is 2.79 bits per heavy atom. The molecular formula is C9H9BrN6O2S. The smallest absolute Gasteiger partial charge is 0.283 e. The van der Waals surface area contributed by atoms with Crippen molar-refractivity contribution in [2.75, 3.05) is 0 Å². The summed E-state index contributed by atoms with van der Waals surface area (Å²) >= 11 is 4.25. The number of aliphatic imine (C=N–C) groups is 1. The van der Waals surface area contributed by atoms with Crippen LogP contribution in [0, 0.1) is 5.41 Å². The molecule has 19 heavy (non-hydrogen) atoms. The van der Waals surface area contributed by atoms with Crippen LogP contribution in [0.1, 0.15) is 5.89 Å². The SMILES string of the molecule is N=C(N=C(N)N)SCc1nnc(-c2ccc(Br)o2)o1. The fourth-order valence-electron chi connectivity index (χ4n) is 1.12. The maximum atomic E-state index is 7.44. The fourth-order valence-corrected chi connectivity index (χ4v) is 1.97. The molecule has 0 unspecified atom stereocenters. The van der Waals surface area contributed by atoms with Crippen molar-refractivity contribution in [1.29, 1.82) is 5.41 Å². The van der Waals surface area contributed by atoms with Crippen molar-refractivity contribution in [2.45, 2.75) is 5.75 Å². The molecule has 2 aromatic rings. The van der Waals surface area contributed by atoms with E-state index in [-0.39, 0.29) is 17.0 Å². The van der Waals surface area contributed by atoms with Gasteiger partial charge < -0.3 is 20.3 Å². The molecule has 10 heteroatoms. The summed E-state index contributed by atoms with van der Waals surface area (Å²) in [6.45, 7) is 0. The van der Waals surface area contributed by atoms with E-state index in [0.29, 0.717) is 22.1 Å². The third kappa shape index (κ3) is 3.83. The number of nitrogens with two attached hydrogens (primary N) is 2. The molecule has 0 aliphatic carbocycles. The molecule has 0 aliphatic heterocycles. The van der Waals surface area contributed by atoms with Crippen LogP contribution in [0.4, 0.5) is 0 Å². The second kappa shape index (κ2) is 5.89. The molecule has 0 aromatic carbocycles. The van der Waals surface area contributed by atoms with Crippen LogP contribution >= 0.6 is 27.7 Å². The molecule has 0 fully saturated rings. The van der Waals surface area contributed by atoms with Crippen LogP contribution in [0.3, 0.4) is 0 Å². The quantitative estimate of drug-likeness (QED) is 0.566. The Morgan fingerprint density at radius 1 is 1.37 bits per heavy atom. The Morgan fingerprint density at radius 2 is 2.16 bits per heavy atom. The van der Waals surface area contributed by atoms with E-state index in [1.807, 2.05) is 0 Å². The molecule has 2 rings (SSSR count). The highest BCUT2D eigenvalue weighted by Gasteiger charge is 2.12. The second-order valence-electron chi connectivity index (χ2n) is 3.24. The number of halogens is 1. The normalized spacial score (nSPS) is 10.4. The van der Waals surface area contributed by atoms with Gasteiger partial charge in [-0.05, 0) is 28.1 Å². The highest BCUT2D eigenvalue weighted by atomic mass is 79.9. The Balaban J connectivity index is 1.98. The number of guanidine groups is 1. The summed E-state index contributed by atoms with van der Waals surface area (Å²) in [4.78, 5) is 3.56. The zero-order valence-corrected chi connectivity index (χ0v) is 11.9. The number of aromatic nitrogens is 2. The Hall–Kier alpha value is -1.81. The topological polar surface area (TPSA) is 140 Å². The lowest BCUT2D eigenvalue weighted by Crippen LogP contribution is -2.23. The molecule has 0 spiro atoms. The van der Waals surface area contributed by atoms with E-state index in [1.54, 1.807) is 12.1 Å². The van der Waals surface area contributed by atoms with E-state index in [4.69, 9.17) is 25.7 Å². The molecule has 2 heterocycles. The van der Waals surface area contributed by atoms with Crippen LogP contribution < -0.4 is 11.5 Å². The lowest BCUT2D eigenvalue weighted by atomic mass is 10.5. The Kier molecular flexibility index (Phi) is 4.22. The van der Waals surface area contributed by atoms with Crippen molar-refractivity contribution in [3.8, 4) is 11.7 Å². The summed E-state index contributed by atoms with van der Waals surface area (Å²) in [6, 6.07) is 3.43. The minimum atomic E-state index is -0.163. The van der Waals surface area contributed by atoms with E-state index >= 15 is 0 Å². The Bertz CT molecular complexity index is 618. The van der Waals surface area contributed by atoms with Crippen LogP contribution in [0.25, 0.3) is 11.7 Å². The Labute approximate surface area is 120 Å². The van der Waals surface area contributed by atoms with Gasteiger partial charge >= 0.3 is 0 Å². The van der Waals surface area contributed by atoms with Gasteiger partial charge in [-0.1, -0.05) is 11.8 Å². The van der Waals surface area contributed by atoms with Gasteiger partial charge in [0, 0.05) is 0 Å². The summed E-state index contributed by atoms with van der Waals surface area (Å²) in [5.74, 6) is 1.22. The highest BCUT2D eigenvalue weighted by molar-refractivity contribution is 9.10. The largest absolute Gasteiger partial charge is 0.444 e. The number of nitrogens with one attached hydrogen (secondary N) is 1.